The van der Waals surface area contributed by atoms with E-state index in [1.165, 1.54) is 19.4 Å². The predicted octanol–water partition coefficient (Wildman–Crippen LogP) is 4.04. The number of rotatable bonds is 8. The Morgan fingerprint density at radius 1 is 1.00 bits per heavy atom. The molecule has 0 atom stereocenters. The van der Waals surface area contributed by atoms with Crippen molar-refractivity contribution in [1.29, 1.82) is 0 Å². The summed E-state index contributed by atoms with van der Waals surface area (Å²) < 4.78 is 11.2. The van der Waals surface area contributed by atoms with Crippen molar-refractivity contribution in [2.24, 2.45) is 5.10 Å². The number of carbonyl (C=O) groups is 2. The van der Waals surface area contributed by atoms with Crippen molar-refractivity contribution in [3.05, 3.63) is 94.5 Å². The Kier molecular flexibility index (Phi) is 7.01. The molecule has 7 heteroatoms. The summed E-state index contributed by atoms with van der Waals surface area (Å²) in [5.41, 5.74) is 5.73. The van der Waals surface area contributed by atoms with Crippen LogP contribution in [-0.4, -0.2) is 30.3 Å². The summed E-state index contributed by atoms with van der Waals surface area (Å²) in [6.45, 7) is 2.14. The number of amides is 1. The third kappa shape index (κ3) is 5.93. The van der Waals surface area contributed by atoms with Gasteiger partial charge in [0.05, 0.1) is 18.9 Å². The van der Waals surface area contributed by atoms with Gasteiger partial charge >= 0.3 is 5.97 Å². The van der Waals surface area contributed by atoms with Crippen molar-refractivity contribution in [1.82, 2.24) is 5.43 Å². The molecule has 0 aliphatic heterocycles. The molecule has 7 nitrogen and oxygen atoms in total. The van der Waals surface area contributed by atoms with Crippen LogP contribution in [0.25, 0.3) is 0 Å². The first-order valence-corrected chi connectivity index (χ1v) is 9.49. The number of aryl methyl sites for hydroxylation is 1. The van der Waals surface area contributed by atoms with Gasteiger partial charge in [-0.05, 0) is 60.5 Å². The van der Waals surface area contributed by atoms with E-state index in [0.717, 1.165) is 11.1 Å². The van der Waals surface area contributed by atoms with Crippen molar-refractivity contribution in [3.8, 4) is 11.5 Å². The smallest absolute Gasteiger partial charge is 0.335 e. The Hall–Kier alpha value is -4.13. The highest BCUT2D eigenvalue weighted by Crippen LogP contribution is 2.28. The lowest BCUT2D eigenvalue weighted by Crippen LogP contribution is -2.17. The maximum atomic E-state index is 12.1. The number of aromatic carboxylic acids is 1. The van der Waals surface area contributed by atoms with Crippen LogP contribution in [0.3, 0.4) is 0 Å². The minimum atomic E-state index is -0.988. The topological polar surface area (TPSA) is 97.2 Å². The van der Waals surface area contributed by atoms with Crippen LogP contribution < -0.4 is 14.9 Å². The number of hydrogen-bond acceptors (Lipinski definition) is 5. The summed E-state index contributed by atoms with van der Waals surface area (Å²) in [6, 6.07) is 19.0. The van der Waals surface area contributed by atoms with Gasteiger partial charge < -0.3 is 14.6 Å². The van der Waals surface area contributed by atoms with Gasteiger partial charge in [-0.15, -0.1) is 0 Å². The third-order valence-corrected chi connectivity index (χ3v) is 4.45. The lowest BCUT2D eigenvalue weighted by molar-refractivity contribution is 0.0696. The van der Waals surface area contributed by atoms with Gasteiger partial charge in [-0.1, -0.05) is 29.8 Å². The minimum absolute atomic E-state index is 0.192. The number of methoxy groups -OCH3 is 1. The number of carboxylic acid groups (broad SMARTS) is 1. The molecule has 0 aromatic heterocycles. The SMILES string of the molecule is COc1cc(/C=N\NC(=O)c2ccc(C)cc2)ccc1OCc1cccc(C(=O)O)c1. The highest BCUT2D eigenvalue weighted by Gasteiger charge is 2.08. The second-order valence-electron chi connectivity index (χ2n) is 6.77. The highest BCUT2D eigenvalue weighted by atomic mass is 16.5. The molecule has 3 aromatic rings. The second-order valence-corrected chi connectivity index (χ2v) is 6.77. The summed E-state index contributed by atoms with van der Waals surface area (Å²) >= 11 is 0. The molecule has 0 fully saturated rings. The Labute approximate surface area is 179 Å². The molecule has 0 radical (unpaired) electrons. The standard InChI is InChI=1S/C24H22N2O5/c1-16-6-9-19(10-7-16)23(27)26-25-14-17-8-11-21(22(13-17)30-2)31-15-18-4-3-5-20(12-18)24(28)29/h3-14H,15H2,1-2H3,(H,26,27)(H,28,29)/b25-14-. The van der Waals surface area contributed by atoms with E-state index in [2.05, 4.69) is 10.5 Å². The van der Waals surface area contributed by atoms with Crippen molar-refractivity contribution < 1.29 is 24.2 Å². The van der Waals surface area contributed by atoms with Crippen molar-refractivity contribution in [2.75, 3.05) is 7.11 Å². The van der Waals surface area contributed by atoms with E-state index in [-0.39, 0.29) is 18.1 Å². The molecular formula is C24H22N2O5. The monoisotopic (exact) mass is 418 g/mol. The zero-order valence-electron chi connectivity index (χ0n) is 17.2. The van der Waals surface area contributed by atoms with Crippen LogP contribution in [0.1, 0.15) is 37.4 Å². The van der Waals surface area contributed by atoms with Gasteiger partial charge in [-0.3, -0.25) is 4.79 Å². The van der Waals surface area contributed by atoms with Gasteiger partial charge in [-0.2, -0.15) is 5.10 Å². The van der Waals surface area contributed by atoms with Crippen LogP contribution in [0.15, 0.2) is 71.8 Å². The Bertz CT molecular complexity index is 1110. The molecule has 3 aromatic carbocycles. The number of ether oxygens (including phenoxy) is 2. The van der Waals surface area contributed by atoms with Crippen LogP contribution in [0.5, 0.6) is 11.5 Å². The van der Waals surface area contributed by atoms with Crippen LogP contribution >= 0.6 is 0 Å². The predicted molar refractivity (Wildman–Crippen MR) is 117 cm³/mol. The fourth-order valence-corrected chi connectivity index (χ4v) is 2.77. The number of nitrogens with one attached hydrogen (secondary N) is 1. The Morgan fingerprint density at radius 2 is 1.77 bits per heavy atom. The molecular weight excluding hydrogens is 396 g/mol. The van der Waals surface area contributed by atoms with Gasteiger partial charge in [0.2, 0.25) is 0 Å². The molecule has 0 saturated carbocycles. The maximum absolute atomic E-state index is 12.1. The first kappa shape index (κ1) is 21.6. The van der Waals surface area contributed by atoms with Crippen molar-refractivity contribution in [3.63, 3.8) is 0 Å². The van der Waals surface area contributed by atoms with E-state index in [1.54, 1.807) is 48.5 Å². The van der Waals surface area contributed by atoms with E-state index in [1.807, 2.05) is 19.1 Å². The minimum Gasteiger partial charge on any atom is -0.493 e. The lowest BCUT2D eigenvalue weighted by Gasteiger charge is -2.11. The zero-order chi connectivity index (χ0) is 22.2. The molecule has 0 heterocycles. The first-order valence-electron chi connectivity index (χ1n) is 9.49. The average molecular weight is 418 g/mol. The molecule has 0 aliphatic rings. The highest BCUT2D eigenvalue weighted by molar-refractivity contribution is 5.95. The number of nitrogens with zero attached hydrogens (tertiary/aromatic N) is 1. The second kappa shape index (κ2) is 10.1. The normalized spacial score (nSPS) is 10.6. The van der Waals surface area contributed by atoms with Gasteiger partial charge in [0.25, 0.3) is 5.91 Å². The van der Waals surface area contributed by atoms with Crippen LogP contribution in [-0.2, 0) is 6.61 Å². The van der Waals surface area contributed by atoms with Gasteiger partial charge in [0.15, 0.2) is 11.5 Å². The summed E-state index contributed by atoms with van der Waals surface area (Å²) in [5.74, 6) is -0.295. The van der Waals surface area contributed by atoms with E-state index >= 15 is 0 Å². The Morgan fingerprint density at radius 3 is 2.48 bits per heavy atom. The van der Waals surface area contributed by atoms with Crippen LogP contribution in [0.2, 0.25) is 0 Å². The lowest BCUT2D eigenvalue weighted by atomic mass is 10.1. The number of hydrazone groups is 1. The molecule has 0 saturated heterocycles. The van der Waals surface area contributed by atoms with E-state index in [4.69, 9.17) is 14.6 Å². The molecule has 0 bridgehead atoms. The maximum Gasteiger partial charge on any atom is 0.335 e. The molecule has 3 rings (SSSR count). The van der Waals surface area contributed by atoms with Gasteiger partial charge in [-0.25, -0.2) is 10.2 Å². The quantitative estimate of drug-likeness (QED) is 0.425. The number of benzene rings is 3. The van der Waals surface area contributed by atoms with Crippen LogP contribution in [0, 0.1) is 6.92 Å². The summed E-state index contributed by atoms with van der Waals surface area (Å²) in [5, 5.41) is 13.1. The average Bonchev–Trinajstić information content (AvgIpc) is 2.78. The molecule has 1 amide bonds. The molecule has 2 N–H and O–H groups in total. The number of carbonyl (C=O) groups excluding carboxylic acids is 1. The first-order chi connectivity index (χ1) is 15.0. The van der Waals surface area contributed by atoms with Gasteiger partial charge in [0, 0.05) is 5.56 Å². The molecule has 158 valence electrons. The Balaban J connectivity index is 1.63. The summed E-state index contributed by atoms with van der Waals surface area (Å²) in [6.07, 6.45) is 1.51. The fourth-order valence-electron chi connectivity index (χ4n) is 2.77. The fraction of sp³-hybridized carbons (Fsp3) is 0.125. The number of carboxylic acids is 1. The summed E-state index contributed by atoms with van der Waals surface area (Å²) in [7, 11) is 1.52. The molecule has 0 unspecified atom stereocenters. The summed E-state index contributed by atoms with van der Waals surface area (Å²) in [4.78, 5) is 23.2. The zero-order valence-corrected chi connectivity index (χ0v) is 17.2. The van der Waals surface area contributed by atoms with Crippen molar-refractivity contribution in [2.45, 2.75) is 13.5 Å². The molecule has 0 spiro atoms. The van der Waals surface area contributed by atoms with Crippen molar-refractivity contribution >= 4 is 18.1 Å². The van der Waals surface area contributed by atoms with Crippen LogP contribution in [0.4, 0.5) is 0 Å². The number of hydrogen-bond donors (Lipinski definition) is 2. The largest absolute Gasteiger partial charge is 0.493 e. The van der Waals surface area contributed by atoms with E-state index in [0.29, 0.717) is 22.6 Å². The van der Waals surface area contributed by atoms with E-state index in [9.17, 15) is 9.59 Å². The molecule has 0 aliphatic carbocycles. The third-order valence-electron chi connectivity index (χ3n) is 4.45. The van der Waals surface area contributed by atoms with E-state index < -0.39 is 5.97 Å². The molecule has 31 heavy (non-hydrogen) atoms. The van der Waals surface area contributed by atoms with Gasteiger partial charge in [0.1, 0.15) is 6.61 Å².